The van der Waals surface area contributed by atoms with Gasteiger partial charge in [-0.3, -0.25) is 4.79 Å². The molecule has 0 aliphatic carbocycles. The van der Waals surface area contributed by atoms with Gasteiger partial charge < -0.3 is 23.8 Å². The van der Waals surface area contributed by atoms with E-state index < -0.39 is 17.6 Å². The summed E-state index contributed by atoms with van der Waals surface area (Å²) in [5, 5.41) is 13.2. The standard InChI is InChI=1S/C24H19F2NO6/c1-30-22-12-20(26)19(25)11-17(22)15-3-5-16(6-4-15)32-13-14-2-7-21-18(10-14)24(27-33-21)31-9-8-23(28)29/h2-7,10-12H,8-9,13H2,1H3,(H,28,29). The van der Waals surface area contributed by atoms with Crippen LogP contribution in [0.3, 0.4) is 0 Å². The van der Waals surface area contributed by atoms with Gasteiger partial charge in [0.05, 0.1) is 18.9 Å². The maximum Gasteiger partial charge on any atom is 0.306 e. The lowest BCUT2D eigenvalue weighted by atomic mass is 10.0. The molecule has 0 aliphatic rings. The number of aromatic nitrogens is 1. The molecule has 170 valence electrons. The molecule has 0 amide bonds. The van der Waals surface area contributed by atoms with Crippen LogP contribution in [-0.2, 0) is 11.4 Å². The summed E-state index contributed by atoms with van der Waals surface area (Å²) in [6.07, 6.45) is -0.149. The lowest BCUT2D eigenvalue weighted by molar-refractivity contribution is -0.137. The molecule has 0 atom stereocenters. The number of hydrogen-bond donors (Lipinski definition) is 1. The summed E-state index contributed by atoms with van der Waals surface area (Å²) in [6.45, 7) is 0.219. The van der Waals surface area contributed by atoms with Gasteiger partial charge in [0.2, 0.25) is 0 Å². The molecule has 4 rings (SSSR count). The minimum atomic E-state index is -0.976. The predicted molar refractivity (Wildman–Crippen MR) is 114 cm³/mol. The Kier molecular flexibility index (Phi) is 6.39. The molecule has 0 spiro atoms. The number of carboxylic acids is 1. The zero-order chi connectivity index (χ0) is 23.4. The fourth-order valence-electron chi connectivity index (χ4n) is 3.21. The fraction of sp³-hybridized carbons (Fsp3) is 0.167. The first-order chi connectivity index (χ1) is 15.9. The van der Waals surface area contributed by atoms with Gasteiger partial charge in [-0.25, -0.2) is 8.78 Å². The molecule has 1 N–H and O–H groups in total. The number of fused-ring (bicyclic) bond motifs is 1. The molecule has 0 aliphatic heterocycles. The summed E-state index contributed by atoms with van der Waals surface area (Å²) in [5.74, 6) is -1.88. The van der Waals surface area contributed by atoms with E-state index in [2.05, 4.69) is 5.16 Å². The number of ether oxygens (including phenoxy) is 3. The third-order valence-electron chi connectivity index (χ3n) is 4.87. The number of benzene rings is 3. The summed E-state index contributed by atoms with van der Waals surface area (Å²) in [5.41, 5.74) is 2.40. The van der Waals surface area contributed by atoms with Crippen molar-refractivity contribution in [1.29, 1.82) is 0 Å². The molecule has 1 heterocycles. The number of carboxylic acid groups (broad SMARTS) is 1. The first-order valence-electron chi connectivity index (χ1n) is 9.94. The van der Waals surface area contributed by atoms with Gasteiger partial charge in [-0.15, -0.1) is 0 Å². The van der Waals surface area contributed by atoms with Gasteiger partial charge in [0.1, 0.15) is 24.7 Å². The van der Waals surface area contributed by atoms with Gasteiger partial charge in [-0.2, -0.15) is 0 Å². The number of carbonyl (C=O) groups is 1. The number of methoxy groups -OCH3 is 1. The van der Waals surface area contributed by atoms with Crippen molar-refractivity contribution in [3.63, 3.8) is 0 Å². The van der Waals surface area contributed by atoms with Crippen molar-refractivity contribution in [2.75, 3.05) is 13.7 Å². The summed E-state index contributed by atoms with van der Waals surface area (Å²) < 4.78 is 48.7. The van der Waals surface area contributed by atoms with Crippen LogP contribution < -0.4 is 14.2 Å². The average Bonchev–Trinajstić information content (AvgIpc) is 3.21. The molecule has 4 aromatic rings. The second-order valence-corrected chi connectivity index (χ2v) is 7.09. The summed E-state index contributed by atoms with van der Waals surface area (Å²) in [4.78, 5) is 10.6. The normalized spacial score (nSPS) is 10.9. The Morgan fingerprint density at radius 3 is 2.52 bits per heavy atom. The van der Waals surface area contributed by atoms with Gasteiger partial charge in [0.15, 0.2) is 17.2 Å². The maximum atomic E-state index is 13.7. The van der Waals surface area contributed by atoms with E-state index in [1.807, 2.05) is 6.07 Å². The van der Waals surface area contributed by atoms with Crippen molar-refractivity contribution in [2.24, 2.45) is 0 Å². The van der Waals surface area contributed by atoms with E-state index in [1.165, 1.54) is 7.11 Å². The monoisotopic (exact) mass is 455 g/mol. The van der Waals surface area contributed by atoms with Crippen LogP contribution in [0.5, 0.6) is 17.4 Å². The van der Waals surface area contributed by atoms with E-state index in [1.54, 1.807) is 36.4 Å². The average molecular weight is 455 g/mol. The van der Waals surface area contributed by atoms with Gasteiger partial charge in [0.25, 0.3) is 5.88 Å². The van der Waals surface area contributed by atoms with Crippen LogP contribution in [0.4, 0.5) is 8.78 Å². The van der Waals surface area contributed by atoms with Crippen molar-refractivity contribution >= 4 is 16.9 Å². The Balaban J connectivity index is 1.45. The van der Waals surface area contributed by atoms with Crippen molar-refractivity contribution in [1.82, 2.24) is 5.16 Å². The molecule has 0 bridgehead atoms. The Hall–Kier alpha value is -4.14. The van der Waals surface area contributed by atoms with Crippen LogP contribution >= 0.6 is 0 Å². The van der Waals surface area contributed by atoms with E-state index in [0.717, 1.165) is 17.7 Å². The van der Waals surface area contributed by atoms with Crippen LogP contribution in [0, 0.1) is 11.6 Å². The lowest BCUT2D eigenvalue weighted by Gasteiger charge is -2.11. The SMILES string of the molecule is COc1cc(F)c(F)cc1-c1ccc(OCc2ccc3onc(OCCC(=O)O)c3c2)cc1. The summed E-state index contributed by atoms with van der Waals surface area (Å²) in [7, 11) is 1.39. The second-order valence-electron chi connectivity index (χ2n) is 7.09. The lowest BCUT2D eigenvalue weighted by Crippen LogP contribution is -2.05. The van der Waals surface area contributed by atoms with E-state index in [4.69, 9.17) is 23.8 Å². The maximum absolute atomic E-state index is 13.7. The molecule has 33 heavy (non-hydrogen) atoms. The molecule has 0 unspecified atom stereocenters. The highest BCUT2D eigenvalue weighted by Gasteiger charge is 2.13. The number of nitrogens with zero attached hydrogens (tertiary/aromatic N) is 1. The third-order valence-corrected chi connectivity index (χ3v) is 4.87. The molecule has 1 aromatic heterocycles. The molecule has 0 saturated carbocycles. The largest absolute Gasteiger partial charge is 0.496 e. The van der Waals surface area contributed by atoms with E-state index >= 15 is 0 Å². The molecular weight excluding hydrogens is 436 g/mol. The van der Waals surface area contributed by atoms with Crippen molar-refractivity contribution in [2.45, 2.75) is 13.0 Å². The van der Waals surface area contributed by atoms with Crippen molar-refractivity contribution in [3.8, 4) is 28.5 Å². The molecule has 0 fully saturated rings. The Morgan fingerprint density at radius 1 is 1.03 bits per heavy atom. The van der Waals surface area contributed by atoms with Crippen LogP contribution in [0.25, 0.3) is 22.1 Å². The quantitative estimate of drug-likeness (QED) is 0.370. The van der Waals surface area contributed by atoms with Gasteiger partial charge in [0, 0.05) is 11.6 Å². The smallest absolute Gasteiger partial charge is 0.306 e. The van der Waals surface area contributed by atoms with Crippen LogP contribution in [0.15, 0.2) is 59.1 Å². The van der Waals surface area contributed by atoms with E-state index in [-0.39, 0.29) is 31.3 Å². The zero-order valence-corrected chi connectivity index (χ0v) is 17.5. The van der Waals surface area contributed by atoms with Gasteiger partial charge in [-0.05, 0) is 46.6 Å². The van der Waals surface area contributed by atoms with Crippen LogP contribution in [0.1, 0.15) is 12.0 Å². The Morgan fingerprint density at radius 2 is 1.79 bits per heavy atom. The minimum Gasteiger partial charge on any atom is -0.496 e. The molecule has 0 radical (unpaired) electrons. The van der Waals surface area contributed by atoms with E-state index in [9.17, 15) is 13.6 Å². The topological polar surface area (TPSA) is 91.0 Å². The van der Waals surface area contributed by atoms with Crippen LogP contribution in [0.2, 0.25) is 0 Å². The van der Waals surface area contributed by atoms with Crippen molar-refractivity contribution in [3.05, 3.63) is 71.8 Å². The minimum absolute atomic E-state index is 0.0210. The second kappa shape index (κ2) is 9.56. The Labute approximate surface area is 187 Å². The molecule has 0 saturated heterocycles. The van der Waals surface area contributed by atoms with Gasteiger partial charge >= 0.3 is 5.97 Å². The molecule has 3 aromatic carbocycles. The first-order valence-corrected chi connectivity index (χ1v) is 9.94. The highest BCUT2D eigenvalue weighted by Crippen LogP contribution is 2.33. The van der Waals surface area contributed by atoms with Crippen molar-refractivity contribution < 1.29 is 37.4 Å². The summed E-state index contributed by atoms with van der Waals surface area (Å²) in [6, 6.07) is 14.3. The fourth-order valence-corrected chi connectivity index (χ4v) is 3.21. The third kappa shape index (κ3) is 5.03. The molecule has 9 heteroatoms. The number of aliphatic carboxylic acids is 1. The predicted octanol–water partition coefficient (Wildman–Crippen LogP) is 5.21. The number of halogens is 2. The first kappa shape index (κ1) is 22.1. The van der Waals surface area contributed by atoms with Gasteiger partial charge in [-0.1, -0.05) is 18.2 Å². The molecule has 7 nitrogen and oxygen atoms in total. The molecular formula is C24H19F2NO6. The summed E-state index contributed by atoms with van der Waals surface area (Å²) >= 11 is 0. The van der Waals surface area contributed by atoms with Crippen LogP contribution in [-0.4, -0.2) is 29.9 Å². The van der Waals surface area contributed by atoms with E-state index in [0.29, 0.717) is 27.8 Å². The zero-order valence-electron chi connectivity index (χ0n) is 17.5. The number of hydrogen-bond acceptors (Lipinski definition) is 6. The highest BCUT2D eigenvalue weighted by molar-refractivity contribution is 5.82. The highest BCUT2D eigenvalue weighted by atomic mass is 19.2. The Bertz CT molecular complexity index is 1290. The number of rotatable bonds is 9.